The van der Waals surface area contributed by atoms with E-state index in [-0.39, 0.29) is 16.9 Å². The van der Waals surface area contributed by atoms with Crippen LogP contribution >= 0.6 is 27.5 Å². The summed E-state index contributed by atoms with van der Waals surface area (Å²) in [4.78, 5) is 0. The second-order valence-electron chi connectivity index (χ2n) is 4.76. The Hall–Kier alpha value is -0.0600. The van der Waals surface area contributed by atoms with Crippen molar-refractivity contribution < 1.29 is 8.42 Å². The maximum absolute atomic E-state index is 12.1. The molecule has 1 aromatic rings. The number of benzene rings is 1. The van der Waals surface area contributed by atoms with E-state index < -0.39 is 9.84 Å². The first-order valence-electron chi connectivity index (χ1n) is 5.46. The van der Waals surface area contributed by atoms with Gasteiger partial charge in [0.05, 0.1) is 11.5 Å². The minimum Gasteiger partial charge on any atom is -0.228 e. The maximum atomic E-state index is 12.1. The largest absolute Gasteiger partial charge is 0.228 e. The maximum Gasteiger partial charge on any atom is 0.155 e. The molecule has 2 rings (SSSR count). The molecule has 0 saturated heterocycles. The molecule has 5 heteroatoms. The Morgan fingerprint density at radius 3 is 2.47 bits per heavy atom. The lowest BCUT2D eigenvalue weighted by Gasteiger charge is -2.12. The highest BCUT2D eigenvalue weighted by atomic mass is 79.9. The molecule has 0 atom stereocenters. The van der Waals surface area contributed by atoms with Gasteiger partial charge in [0, 0.05) is 10.4 Å². The number of alkyl halides is 1. The summed E-state index contributed by atoms with van der Waals surface area (Å²) in [6, 6.07) is 7.12. The molecule has 0 unspecified atom stereocenters. The van der Waals surface area contributed by atoms with Crippen LogP contribution in [0.5, 0.6) is 0 Å². The minimum absolute atomic E-state index is 0.0138. The molecule has 0 aromatic heterocycles. The van der Waals surface area contributed by atoms with Gasteiger partial charge in [-0.3, -0.25) is 0 Å². The van der Waals surface area contributed by atoms with Crippen LogP contribution in [0, 0.1) is 5.41 Å². The quantitative estimate of drug-likeness (QED) is 0.771. The highest BCUT2D eigenvalue weighted by Crippen LogP contribution is 2.48. The van der Waals surface area contributed by atoms with Gasteiger partial charge >= 0.3 is 0 Å². The third-order valence-corrected chi connectivity index (χ3v) is 6.46. The molecule has 0 bridgehead atoms. The monoisotopic (exact) mass is 336 g/mol. The van der Waals surface area contributed by atoms with E-state index in [2.05, 4.69) is 15.9 Å². The molecule has 0 amide bonds. The zero-order valence-electron chi connectivity index (χ0n) is 9.33. The highest BCUT2D eigenvalue weighted by Gasteiger charge is 2.45. The van der Waals surface area contributed by atoms with Crippen molar-refractivity contribution in [3.8, 4) is 0 Å². The smallest absolute Gasteiger partial charge is 0.155 e. The van der Waals surface area contributed by atoms with E-state index in [9.17, 15) is 8.42 Å². The normalized spacial score (nSPS) is 18.0. The summed E-state index contributed by atoms with van der Waals surface area (Å²) in [6.07, 6.45) is 2.00. The van der Waals surface area contributed by atoms with Crippen molar-refractivity contribution in [2.75, 3.05) is 11.1 Å². The molecule has 1 aliphatic rings. The first-order chi connectivity index (χ1) is 7.96. The fourth-order valence-electron chi connectivity index (χ4n) is 1.86. The molecular formula is C12H14BrClO2S. The van der Waals surface area contributed by atoms with Crippen molar-refractivity contribution in [2.45, 2.75) is 18.6 Å². The molecule has 94 valence electrons. The van der Waals surface area contributed by atoms with E-state index in [0.29, 0.717) is 10.6 Å². The van der Waals surface area contributed by atoms with Crippen molar-refractivity contribution in [3.05, 3.63) is 34.9 Å². The number of hydrogen-bond donors (Lipinski definition) is 0. The standard InChI is InChI=1S/C12H14BrClO2S/c13-8-12(5-6-12)9-17(15,16)7-10-3-1-2-4-11(10)14/h1-4H,5-9H2. The SMILES string of the molecule is O=S(=O)(Cc1ccccc1Cl)CC1(CBr)CC1. The van der Waals surface area contributed by atoms with Gasteiger partial charge in [-0.2, -0.15) is 0 Å². The van der Waals surface area contributed by atoms with Crippen LogP contribution in [0.2, 0.25) is 5.02 Å². The molecule has 1 fully saturated rings. The molecule has 2 nitrogen and oxygen atoms in total. The van der Waals surface area contributed by atoms with Gasteiger partial charge < -0.3 is 0 Å². The minimum atomic E-state index is -3.08. The van der Waals surface area contributed by atoms with E-state index in [0.717, 1.165) is 18.2 Å². The molecule has 0 aliphatic heterocycles. The first kappa shape index (κ1) is 13.4. The average Bonchev–Trinajstić information content (AvgIpc) is 3.01. The van der Waals surface area contributed by atoms with Crippen LogP contribution in [0.25, 0.3) is 0 Å². The zero-order valence-corrected chi connectivity index (χ0v) is 12.5. The van der Waals surface area contributed by atoms with E-state index in [1.54, 1.807) is 18.2 Å². The second kappa shape index (κ2) is 4.90. The molecular weight excluding hydrogens is 324 g/mol. The number of rotatable bonds is 5. The van der Waals surface area contributed by atoms with Crippen LogP contribution in [0.3, 0.4) is 0 Å². The topological polar surface area (TPSA) is 34.1 Å². The fraction of sp³-hybridized carbons (Fsp3) is 0.500. The Labute approximate surface area is 115 Å². The van der Waals surface area contributed by atoms with Crippen LogP contribution in [-0.2, 0) is 15.6 Å². The molecule has 0 spiro atoms. The second-order valence-corrected chi connectivity index (χ2v) is 7.79. The molecule has 17 heavy (non-hydrogen) atoms. The van der Waals surface area contributed by atoms with Crippen molar-refractivity contribution in [3.63, 3.8) is 0 Å². The summed E-state index contributed by atoms with van der Waals surface area (Å²) in [6.45, 7) is 0. The van der Waals surface area contributed by atoms with Gasteiger partial charge in [0.1, 0.15) is 0 Å². The molecule has 0 radical (unpaired) electrons. The Bertz CT molecular complexity index is 509. The summed E-state index contributed by atoms with van der Waals surface area (Å²) in [5, 5.41) is 1.29. The summed E-state index contributed by atoms with van der Waals surface area (Å²) >= 11 is 9.37. The lowest BCUT2D eigenvalue weighted by atomic mass is 10.2. The average molecular weight is 338 g/mol. The lowest BCUT2D eigenvalue weighted by Crippen LogP contribution is -2.20. The Balaban J connectivity index is 2.10. The van der Waals surface area contributed by atoms with Gasteiger partial charge in [-0.25, -0.2) is 8.42 Å². The van der Waals surface area contributed by atoms with Gasteiger partial charge in [-0.1, -0.05) is 45.7 Å². The Morgan fingerprint density at radius 2 is 1.94 bits per heavy atom. The van der Waals surface area contributed by atoms with Crippen LogP contribution in [0.4, 0.5) is 0 Å². The number of halogens is 2. The van der Waals surface area contributed by atoms with E-state index in [1.807, 2.05) is 6.07 Å². The van der Waals surface area contributed by atoms with Crippen molar-refractivity contribution in [2.24, 2.45) is 5.41 Å². The third kappa shape index (κ3) is 3.46. The van der Waals surface area contributed by atoms with Crippen molar-refractivity contribution >= 4 is 37.4 Å². The van der Waals surface area contributed by atoms with Gasteiger partial charge in [-0.05, 0) is 29.9 Å². The van der Waals surface area contributed by atoms with Gasteiger partial charge in [0.25, 0.3) is 0 Å². The number of hydrogen-bond acceptors (Lipinski definition) is 2. The predicted molar refractivity (Wildman–Crippen MR) is 74.4 cm³/mol. The van der Waals surface area contributed by atoms with Crippen LogP contribution in [0.1, 0.15) is 18.4 Å². The highest BCUT2D eigenvalue weighted by molar-refractivity contribution is 9.09. The van der Waals surface area contributed by atoms with Crippen LogP contribution in [0.15, 0.2) is 24.3 Å². The molecule has 1 saturated carbocycles. The summed E-state index contributed by atoms with van der Waals surface area (Å²) < 4.78 is 24.2. The Morgan fingerprint density at radius 1 is 1.29 bits per heavy atom. The van der Waals surface area contributed by atoms with Gasteiger partial charge in [0.2, 0.25) is 0 Å². The van der Waals surface area contributed by atoms with Crippen LogP contribution in [-0.4, -0.2) is 19.5 Å². The van der Waals surface area contributed by atoms with Crippen molar-refractivity contribution in [1.82, 2.24) is 0 Å². The fourth-order valence-corrected chi connectivity index (χ4v) is 5.32. The summed E-state index contributed by atoms with van der Waals surface area (Å²) in [5.41, 5.74) is 0.680. The zero-order chi connectivity index (χ0) is 12.5. The lowest BCUT2D eigenvalue weighted by molar-refractivity contribution is 0.571. The predicted octanol–water partition coefficient (Wildman–Crippen LogP) is 3.43. The molecule has 1 aliphatic carbocycles. The third-order valence-electron chi connectivity index (χ3n) is 3.10. The van der Waals surface area contributed by atoms with E-state index in [1.165, 1.54) is 0 Å². The van der Waals surface area contributed by atoms with E-state index in [4.69, 9.17) is 11.6 Å². The van der Waals surface area contributed by atoms with Gasteiger partial charge in [-0.15, -0.1) is 0 Å². The molecule has 0 heterocycles. The molecule has 1 aromatic carbocycles. The van der Waals surface area contributed by atoms with Crippen LogP contribution < -0.4 is 0 Å². The summed E-state index contributed by atoms with van der Waals surface area (Å²) in [7, 11) is -3.08. The molecule has 0 N–H and O–H groups in total. The number of sulfone groups is 1. The first-order valence-corrected chi connectivity index (χ1v) is 8.78. The summed E-state index contributed by atoms with van der Waals surface area (Å²) in [5.74, 6) is 0.303. The van der Waals surface area contributed by atoms with Gasteiger partial charge in [0.15, 0.2) is 9.84 Å². The van der Waals surface area contributed by atoms with E-state index >= 15 is 0 Å². The Kier molecular flexibility index (Phi) is 3.86. The van der Waals surface area contributed by atoms with Crippen molar-refractivity contribution in [1.29, 1.82) is 0 Å².